The Hall–Kier alpha value is -1.28. The summed E-state index contributed by atoms with van der Waals surface area (Å²) in [5.74, 6) is 0.708. The molecule has 0 aliphatic carbocycles. The number of tetrazole rings is 1. The highest BCUT2D eigenvalue weighted by atomic mass is 32.1. The number of aromatic nitrogens is 4. The highest BCUT2D eigenvalue weighted by Gasteiger charge is 2.25. The molecule has 1 unspecified atom stereocenters. The van der Waals surface area contributed by atoms with E-state index in [0.717, 1.165) is 6.54 Å². The first-order chi connectivity index (χ1) is 7.18. The Morgan fingerprint density at radius 3 is 3.07 bits per heavy atom. The molecule has 15 heavy (non-hydrogen) atoms. The topological polar surface area (TPSA) is 82.1 Å². The molecule has 0 amide bonds. The molecule has 0 spiro atoms. The summed E-state index contributed by atoms with van der Waals surface area (Å²) in [5.41, 5.74) is 5.54. The fraction of sp³-hybridized carbons (Fsp3) is 0.714. The minimum atomic E-state index is -0.217. The SMILES string of the molecule is Cn1nnnc1N1CCOC(C(N)=S)C1. The van der Waals surface area contributed by atoms with Crippen molar-refractivity contribution >= 4 is 23.2 Å². The van der Waals surface area contributed by atoms with E-state index in [-0.39, 0.29) is 6.10 Å². The normalized spacial score (nSPS) is 21.7. The number of aryl methyl sites for hydroxylation is 1. The number of anilines is 1. The molecule has 2 heterocycles. The van der Waals surface area contributed by atoms with Gasteiger partial charge in [0.05, 0.1) is 13.2 Å². The zero-order valence-corrected chi connectivity index (χ0v) is 9.15. The number of rotatable bonds is 2. The largest absolute Gasteiger partial charge is 0.391 e. The molecule has 0 saturated carbocycles. The fourth-order valence-electron chi connectivity index (χ4n) is 1.50. The maximum atomic E-state index is 5.54. The lowest BCUT2D eigenvalue weighted by Crippen LogP contribution is -2.48. The Balaban J connectivity index is 2.11. The lowest BCUT2D eigenvalue weighted by molar-refractivity contribution is 0.0838. The molecule has 0 bridgehead atoms. The van der Waals surface area contributed by atoms with Gasteiger partial charge in [-0.05, 0) is 10.4 Å². The van der Waals surface area contributed by atoms with Crippen LogP contribution < -0.4 is 10.6 Å². The molecule has 1 saturated heterocycles. The molecule has 1 aliphatic rings. The molecule has 7 nitrogen and oxygen atoms in total. The van der Waals surface area contributed by atoms with Crippen LogP contribution >= 0.6 is 12.2 Å². The van der Waals surface area contributed by atoms with E-state index in [1.54, 1.807) is 11.7 Å². The Morgan fingerprint density at radius 2 is 2.47 bits per heavy atom. The lowest BCUT2D eigenvalue weighted by Gasteiger charge is -2.32. The first-order valence-corrected chi connectivity index (χ1v) is 4.97. The van der Waals surface area contributed by atoms with E-state index in [4.69, 9.17) is 22.7 Å². The lowest BCUT2D eigenvalue weighted by atomic mass is 10.3. The van der Waals surface area contributed by atoms with Crippen LogP contribution in [-0.4, -0.2) is 51.0 Å². The number of morpholine rings is 1. The fourth-order valence-corrected chi connectivity index (χ4v) is 1.64. The molecular weight excluding hydrogens is 216 g/mol. The Labute approximate surface area is 92.2 Å². The van der Waals surface area contributed by atoms with Crippen molar-refractivity contribution in [1.29, 1.82) is 0 Å². The highest BCUT2D eigenvalue weighted by molar-refractivity contribution is 7.80. The van der Waals surface area contributed by atoms with Gasteiger partial charge in [0.2, 0.25) is 5.95 Å². The van der Waals surface area contributed by atoms with Crippen molar-refractivity contribution in [3.05, 3.63) is 0 Å². The molecule has 1 fully saturated rings. The standard InChI is InChI=1S/C7H12N6OS/c1-12-7(9-10-11-12)13-2-3-14-5(4-13)6(8)15/h5H,2-4H2,1H3,(H2,8,15). The summed E-state index contributed by atoms with van der Waals surface area (Å²) in [6.45, 7) is 1.92. The predicted octanol–water partition coefficient (Wildman–Crippen LogP) is -1.30. The monoisotopic (exact) mass is 228 g/mol. The average Bonchev–Trinajstić information content (AvgIpc) is 2.64. The first kappa shape index (κ1) is 10.2. The van der Waals surface area contributed by atoms with E-state index in [0.29, 0.717) is 24.1 Å². The van der Waals surface area contributed by atoms with Crippen LogP contribution in [-0.2, 0) is 11.8 Å². The third-order valence-electron chi connectivity index (χ3n) is 2.26. The van der Waals surface area contributed by atoms with E-state index < -0.39 is 0 Å². The van der Waals surface area contributed by atoms with Crippen molar-refractivity contribution in [1.82, 2.24) is 20.2 Å². The molecule has 8 heteroatoms. The van der Waals surface area contributed by atoms with Crippen LogP contribution in [0.15, 0.2) is 0 Å². The summed E-state index contributed by atoms with van der Waals surface area (Å²) in [6, 6.07) is 0. The van der Waals surface area contributed by atoms with Crippen molar-refractivity contribution < 1.29 is 4.74 Å². The van der Waals surface area contributed by atoms with E-state index in [1.165, 1.54) is 0 Å². The minimum absolute atomic E-state index is 0.217. The first-order valence-electron chi connectivity index (χ1n) is 4.56. The van der Waals surface area contributed by atoms with Gasteiger partial charge >= 0.3 is 0 Å². The van der Waals surface area contributed by atoms with Gasteiger partial charge in [0, 0.05) is 13.6 Å². The maximum absolute atomic E-state index is 5.54. The van der Waals surface area contributed by atoms with Gasteiger partial charge in [-0.1, -0.05) is 17.3 Å². The molecule has 2 rings (SSSR count). The molecule has 82 valence electrons. The van der Waals surface area contributed by atoms with Gasteiger partial charge in [0.15, 0.2) is 0 Å². The second kappa shape index (κ2) is 4.07. The summed E-state index contributed by atoms with van der Waals surface area (Å²) < 4.78 is 7.03. The summed E-state index contributed by atoms with van der Waals surface area (Å²) in [5, 5.41) is 11.3. The molecule has 1 atom stereocenters. The summed E-state index contributed by atoms with van der Waals surface area (Å²) >= 11 is 4.90. The smallest absolute Gasteiger partial charge is 0.245 e. The maximum Gasteiger partial charge on any atom is 0.245 e. The van der Waals surface area contributed by atoms with Crippen LogP contribution in [0.1, 0.15) is 0 Å². The van der Waals surface area contributed by atoms with Gasteiger partial charge in [-0.2, -0.15) is 0 Å². The zero-order chi connectivity index (χ0) is 10.8. The van der Waals surface area contributed by atoms with E-state index >= 15 is 0 Å². The minimum Gasteiger partial charge on any atom is -0.391 e. The number of ether oxygens (including phenoxy) is 1. The van der Waals surface area contributed by atoms with Crippen LogP contribution in [0.25, 0.3) is 0 Å². The molecule has 1 aliphatic heterocycles. The Morgan fingerprint density at radius 1 is 1.67 bits per heavy atom. The molecule has 0 aromatic carbocycles. The third-order valence-corrected chi connectivity index (χ3v) is 2.53. The number of nitrogens with zero attached hydrogens (tertiary/aromatic N) is 5. The number of thiocarbonyl (C=S) groups is 1. The van der Waals surface area contributed by atoms with Crippen molar-refractivity contribution in [2.45, 2.75) is 6.10 Å². The van der Waals surface area contributed by atoms with E-state index in [1.807, 2.05) is 4.90 Å². The molecule has 2 N–H and O–H groups in total. The van der Waals surface area contributed by atoms with Gasteiger partial charge in [-0.3, -0.25) is 0 Å². The molecular formula is C7H12N6OS. The summed E-state index contributed by atoms with van der Waals surface area (Å²) in [4.78, 5) is 2.38. The Bertz CT molecular complexity index is 366. The van der Waals surface area contributed by atoms with Crippen LogP contribution in [0.2, 0.25) is 0 Å². The molecule has 1 aromatic heterocycles. The second-order valence-electron chi connectivity index (χ2n) is 3.31. The zero-order valence-electron chi connectivity index (χ0n) is 8.33. The van der Waals surface area contributed by atoms with Gasteiger partial charge in [0.1, 0.15) is 11.1 Å². The third kappa shape index (κ3) is 2.05. The quantitative estimate of drug-likeness (QED) is 0.630. The van der Waals surface area contributed by atoms with Crippen molar-refractivity contribution in [3.8, 4) is 0 Å². The van der Waals surface area contributed by atoms with Crippen LogP contribution in [0.4, 0.5) is 5.95 Å². The van der Waals surface area contributed by atoms with Crippen molar-refractivity contribution in [3.63, 3.8) is 0 Å². The van der Waals surface area contributed by atoms with Crippen molar-refractivity contribution in [2.24, 2.45) is 12.8 Å². The average molecular weight is 228 g/mol. The second-order valence-corrected chi connectivity index (χ2v) is 3.78. The van der Waals surface area contributed by atoms with Crippen molar-refractivity contribution in [2.75, 3.05) is 24.6 Å². The van der Waals surface area contributed by atoms with Crippen LogP contribution in [0, 0.1) is 0 Å². The van der Waals surface area contributed by atoms with Crippen LogP contribution in [0.3, 0.4) is 0 Å². The number of hydrogen-bond acceptors (Lipinski definition) is 6. The number of nitrogens with two attached hydrogens (primary N) is 1. The molecule has 1 aromatic rings. The summed E-state index contributed by atoms with van der Waals surface area (Å²) in [7, 11) is 1.79. The van der Waals surface area contributed by atoms with E-state index in [9.17, 15) is 0 Å². The van der Waals surface area contributed by atoms with Crippen LogP contribution in [0.5, 0.6) is 0 Å². The van der Waals surface area contributed by atoms with Gasteiger partial charge < -0.3 is 15.4 Å². The van der Waals surface area contributed by atoms with E-state index in [2.05, 4.69) is 15.5 Å². The highest BCUT2D eigenvalue weighted by Crippen LogP contribution is 2.12. The Kier molecular flexibility index (Phi) is 2.78. The predicted molar refractivity (Wildman–Crippen MR) is 57.5 cm³/mol. The summed E-state index contributed by atoms with van der Waals surface area (Å²) in [6.07, 6.45) is -0.217. The van der Waals surface area contributed by atoms with Gasteiger partial charge in [-0.25, -0.2) is 4.68 Å². The molecule has 0 radical (unpaired) electrons. The van der Waals surface area contributed by atoms with Gasteiger partial charge in [-0.15, -0.1) is 0 Å². The van der Waals surface area contributed by atoms with Gasteiger partial charge in [0.25, 0.3) is 0 Å². The number of hydrogen-bond donors (Lipinski definition) is 1.